The summed E-state index contributed by atoms with van der Waals surface area (Å²) in [5.74, 6) is -2.39. The molecule has 3 fully saturated rings. The van der Waals surface area contributed by atoms with Crippen LogP contribution in [-0.4, -0.2) is 102 Å². The third-order valence-electron chi connectivity index (χ3n) is 10.3. The van der Waals surface area contributed by atoms with Gasteiger partial charge in [-0.1, -0.05) is 97.4 Å². The average molecular weight is 811 g/mol. The summed E-state index contributed by atoms with van der Waals surface area (Å²) in [5, 5.41) is 4.87. The van der Waals surface area contributed by atoms with Gasteiger partial charge in [-0.25, -0.2) is 28.9 Å². The van der Waals surface area contributed by atoms with E-state index >= 15 is 0 Å². The minimum absolute atomic E-state index is 0.00961. The molecule has 1 unspecified atom stereocenters. The number of hydrogen-bond donors (Lipinski definition) is 2. The van der Waals surface area contributed by atoms with Crippen molar-refractivity contribution >= 4 is 42.1 Å². The Balaban J connectivity index is 1.06. The zero-order valence-corrected chi connectivity index (χ0v) is 32.9. The molecule has 2 heterocycles. The van der Waals surface area contributed by atoms with Crippen LogP contribution in [0, 0.1) is 5.92 Å². The summed E-state index contributed by atoms with van der Waals surface area (Å²) in [5.41, 5.74) is 2.24. The summed E-state index contributed by atoms with van der Waals surface area (Å²) in [7, 11) is 0. The van der Waals surface area contributed by atoms with Crippen molar-refractivity contribution in [1.82, 2.24) is 25.3 Å². The van der Waals surface area contributed by atoms with E-state index in [2.05, 4.69) is 15.6 Å². The van der Waals surface area contributed by atoms with Gasteiger partial charge in [0.15, 0.2) is 6.04 Å². The third kappa shape index (κ3) is 12.3. The molecule has 2 saturated heterocycles. The molecule has 2 N–H and O–H groups in total. The fraction of sp³-hybridized carbons (Fsp3) is 0.419. The molecule has 59 heavy (non-hydrogen) atoms. The van der Waals surface area contributed by atoms with Crippen molar-refractivity contribution in [2.24, 2.45) is 10.9 Å². The summed E-state index contributed by atoms with van der Waals surface area (Å²) >= 11 is 0. The van der Waals surface area contributed by atoms with Gasteiger partial charge in [0, 0.05) is 32.7 Å². The highest BCUT2D eigenvalue weighted by Crippen LogP contribution is 2.33. The standard InChI is InChI=1S/C43H50N6O10/c50-37-35(22-13-23-44-39(45-40(52)57-29-32-16-7-2-8-17-32)46-41(53)58-30-33-18-9-3-10-19-33)36(38(51)56-28-31-14-5-1-6-15-31)49(37)42(54)47-24-26-48(27-25-47)43(55)59-34-20-11-4-12-21-34/h1-3,5-10,14-19,34-36H,4,11-13,20-30H2,(H2,44,45,46,52,53)/t35-,36?/m1/s1. The van der Waals surface area contributed by atoms with Crippen LogP contribution in [0.2, 0.25) is 0 Å². The predicted octanol–water partition coefficient (Wildman–Crippen LogP) is 5.75. The Labute approximate surface area is 342 Å². The monoisotopic (exact) mass is 810 g/mol. The van der Waals surface area contributed by atoms with Gasteiger partial charge in [-0.3, -0.25) is 20.4 Å². The topological polar surface area (TPSA) is 185 Å². The van der Waals surface area contributed by atoms with Crippen molar-refractivity contribution in [3.63, 3.8) is 0 Å². The molecule has 0 aromatic heterocycles. The van der Waals surface area contributed by atoms with Crippen LogP contribution in [0.25, 0.3) is 0 Å². The van der Waals surface area contributed by atoms with Crippen LogP contribution < -0.4 is 10.6 Å². The first kappa shape index (κ1) is 42.2. The number of benzene rings is 3. The Morgan fingerprint density at radius 3 is 1.66 bits per heavy atom. The average Bonchev–Trinajstić information content (AvgIpc) is 3.27. The van der Waals surface area contributed by atoms with Crippen LogP contribution in [0.15, 0.2) is 96.0 Å². The Bertz CT molecular complexity index is 1860. The van der Waals surface area contributed by atoms with Crippen LogP contribution in [0.1, 0.15) is 61.6 Å². The van der Waals surface area contributed by atoms with Crippen molar-refractivity contribution < 1.29 is 47.7 Å². The minimum Gasteiger partial charge on any atom is -0.459 e. The molecule has 1 aliphatic carbocycles. The molecular formula is C43H50N6O10. The number of rotatable bonds is 12. The van der Waals surface area contributed by atoms with Gasteiger partial charge in [0.2, 0.25) is 11.9 Å². The second kappa shape index (κ2) is 21.3. The van der Waals surface area contributed by atoms with E-state index in [0.717, 1.165) is 53.7 Å². The lowest BCUT2D eigenvalue weighted by molar-refractivity contribution is -0.171. The Kier molecular flexibility index (Phi) is 15.3. The first-order chi connectivity index (χ1) is 28.7. The van der Waals surface area contributed by atoms with Gasteiger partial charge in [0.25, 0.3) is 0 Å². The second-order valence-corrected chi connectivity index (χ2v) is 14.5. The van der Waals surface area contributed by atoms with E-state index in [1.165, 1.54) is 4.90 Å². The molecule has 16 nitrogen and oxygen atoms in total. The zero-order chi connectivity index (χ0) is 41.4. The van der Waals surface area contributed by atoms with Gasteiger partial charge in [-0.15, -0.1) is 0 Å². The molecule has 2 aliphatic heterocycles. The number of alkyl carbamates (subject to hydrolysis) is 2. The second-order valence-electron chi connectivity index (χ2n) is 14.5. The summed E-state index contributed by atoms with van der Waals surface area (Å²) in [4.78, 5) is 87.5. The van der Waals surface area contributed by atoms with Gasteiger partial charge >= 0.3 is 30.3 Å². The van der Waals surface area contributed by atoms with Gasteiger partial charge in [0.1, 0.15) is 25.9 Å². The molecule has 16 heteroatoms. The Morgan fingerprint density at radius 1 is 0.644 bits per heavy atom. The van der Waals surface area contributed by atoms with Crippen LogP contribution in [0.4, 0.5) is 19.2 Å². The molecule has 312 valence electrons. The third-order valence-corrected chi connectivity index (χ3v) is 10.3. The number of likely N-dealkylation sites (tertiary alicyclic amines) is 1. The highest BCUT2D eigenvalue weighted by Gasteiger charge is 2.56. The van der Waals surface area contributed by atoms with E-state index in [-0.39, 0.29) is 77.4 Å². The van der Waals surface area contributed by atoms with E-state index in [0.29, 0.717) is 0 Å². The minimum atomic E-state index is -1.19. The van der Waals surface area contributed by atoms with Gasteiger partial charge in [-0.05, 0) is 55.2 Å². The quantitative estimate of drug-likeness (QED) is 0.0570. The number of carbonyl (C=O) groups excluding carboxylic acids is 6. The smallest absolute Gasteiger partial charge is 0.414 e. The number of carbonyl (C=O) groups is 6. The number of esters is 1. The maximum Gasteiger partial charge on any atom is 0.414 e. The number of piperazine rings is 1. The Morgan fingerprint density at radius 2 is 1.14 bits per heavy atom. The molecule has 3 aromatic carbocycles. The highest BCUT2D eigenvalue weighted by molar-refractivity contribution is 6.08. The van der Waals surface area contributed by atoms with Crippen molar-refractivity contribution in [3.8, 4) is 0 Å². The summed E-state index contributed by atoms with van der Waals surface area (Å²) in [6, 6.07) is 25.3. The van der Waals surface area contributed by atoms with Crippen molar-refractivity contribution in [2.75, 3.05) is 32.7 Å². The van der Waals surface area contributed by atoms with E-state index in [1.54, 1.807) is 41.3 Å². The molecule has 0 spiro atoms. The van der Waals surface area contributed by atoms with Crippen molar-refractivity contribution in [3.05, 3.63) is 108 Å². The van der Waals surface area contributed by atoms with E-state index in [9.17, 15) is 28.8 Å². The molecular weight excluding hydrogens is 761 g/mol. The van der Waals surface area contributed by atoms with E-state index in [4.69, 9.17) is 18.9 Å². The summed E-state index contributed by atoms with van der Waals surface area (Å²) in [6.07, 6.45) is 3.01. The lowest BCUT2D eigenvalue weighted by Gasteiger charge is -2.46. The highest BCUT2D eigenvalue weighted by atomic mass is 16.6. The summed E-state index contributed by atoms with van der Waals surface area (Å²) < 4.78 is 21.9. The van der Waals surface area contributed by atoms with E-state index < -0.39 is 48.1 Å². The number of aliphatic imine (C=N–C) groups is 1. The number of nitrogens with zero attached hydrogens (tertiary/aromatic N) is 4. The molecule has 0 radical (unpaired) electrons. The van der Waals surface area contributed by atoms with E-state index in [1.807, 2.05) is 54.6 Å². The van der Waals surface area contributed by atoms with Crippen LogP contribution >= 0.6 is 0 Å². The van der Waals surface area contributed by atoms with Crippen molar-refractivity contribution in [1.29, 1.82) is 0 Å². The van der Waals surface area contributed by atoms with Gasteiger partial charge in [-0.2, -0.15) is 0 Å². The molecule has 0 bridgehead atoms. The number of urea groups is 1. The number of amides is 6. The fourth-order valence-corrected chi connectivity index (χ4v) is 7.08. The molecule has 1 saturated carbocycles. The SMILES string of the molecule is O=C(NC(=NCCC[C@H]1C(=O)N(C(=O)N2CCN(C(=O)OC3CCCCC3)CC2)C1C(=O)OCc1ccccc1)NC(=O)OCc1ccccc1)OCc1ccccc1. The van der Waals surface area contributed by atoms with Gasteiger partial charge in [0.05, 0.1) is 5.92 Å². The predicted molar refractivity (Wildman–Crippen MR) is 213 cm³/mol. The molecule has 6 amide bonds. The zero-order valence-electron chi connectivity index (χ0n) is 32.9. The first-order valence-electron chi connectivity index (χ1n) is 20.0. The van der Waals surface area contributed by atoms with Crippen LogP contribution in [0.5, 0.6) is 0 Å². The molecule has 3 aliphatic rings. The lowest BCUT2D eigenvalue weighted by Crippen LogP contribution is -2.69. The number of nitrogens with one attached hydrogen (secondary N) is 2. The van der Waals surface area contributed by atoms with Gasteiger partial charge < -0.3 is 28.7 Å². The normalized spacial score (nSPS) is 17.8. The number of β-lactam (4-membered cyclic amide) rings is 1. The number of guanidine groups is 1. The first-order valence-corrected chi connectivity index (χ1v) is 20.0. The van der Waals surface area contributed by atoms with Crippen molar-refractivity contribution in [2.45, 2.75) is 76.9 Å². The lowest BCUT2D eigenvalue weighted by atomic mass is 9.83. The largest absolute Gasteiger partial charge is 0.459 e. The molecule has 6 rings (SSSR count). The number of hydrogen-bond acceptors (Lipinski definition) is 11. The molecule has 2 atom stereocenters. The van der Waals surface area contributed by atoms with Crippen LogP contribution in [-0.2, 0) is 48.4 Å². The molecule has 3 aromatic rings. The maximum absolute atomic E-state index is 13.8. The summed E-state index contributed by atoms with van der Waals surface area (Å²) in [6.45, 7) is 0.698. The Hall–Kier alpha value is -6.45. The fourth-order valence-electron chi connectivity index (χ4n) is 7.08. The maximum atomic E-state index is 13.8. The number of imide groups is 1. The number of ether oxygens (including phenoxy) is 4. The van der Waals surface area contributed by atoms with Crippen LogP contribution in [0.3, 0.4) is 0 Å².